The van der Waals surface area contributed by atoms with Crippen molar-refractivity contribution in [2.24, 2.45) is 5.92 Å². The first-order chi connectivity index (χ1) is 8.43. The van der Waals surface area contributed by atoms with Gasteiger partial charge in [0.2, 0.25) is 10.1 Å². The van der Waals surface area contributed by atoms with Gasteiger partial charge in [0.05, 0.1) is 0 Å². The number of hydrogen-bond donors (Lipinski definition) is 2. The lowest BCUT2D eigenvalue weighted by molar-refractivity contribution is 0.0915. The fourth-order valence-electron chi connectivity index (χ4n) is 1.46. The van der Waals surface area contributed by atoms with E-state index in [-0.39, 0.29) is 11.9 Å². The van der Waals surface area contributed by atoms with E-state index in [1.54, 1.807) is 7.05 Å². The molecule has 1 unspecified atom stereocenters. The van der Waals surface area contributed by atoms with Crippen LogP contribution in [-0.4, -0.2) is 54.7 Å². The third-order valence-corrected chi connectivity index (χ3v) is 3.46. The Kier molecular flexibility index (Phi) is 5.49. The zero-order valence-electron chi connectivity index (χ0n) is 11.5. The van der Waals surface area contributed by atoms with Gasteiger partial charge < -0.3 is 15.5 Å². The van der Waals surface area contributed by atoms with Gasteiger partial charge in [-0.1, -0.05) is 25.2 Å². The topological polar surface area (TPSA) is 70.1 Å². The third kappa shape index (κ3) is 4.23. The predicted octanol–water partition coefficient (Wildman–Crippen LogP) is 0.896. The van der Waals surface area contributed by atoms with Gasteiger partial charge in [-0.2, -0.15) is 0 Å². The van der Waals surface area contributed by atoms with Crippen molar-refractivity contribution in [3.63, 3.8) is 0 Å². The number of carbonyl (C=O) groups is 1. The first-order valence-corrected chi connectivity index (χ1v) is 6.72. The van der Waals surface area contributed by atoms with E-state index < -0.39 is 0 Å². The van der Waals surface area contributed by atoms with Crippen LogP contribution in [0.5, 0.6) is 0 Å². The van der Waals surface area contributed by atoms with Crippen molar-refractivity contribution in [3.8, 4) is 0 Å². The summed E-state index contributed by atoms with van der Waals surface area (Å²) in [5.41, 5.74) is 0. The molecule has 1 heterocycles. The van der Waals surface area contributed by atoms with E-state index in [0.29, 0.717) is 16.1 Å². The molecule has 0 aliphatic carbocycles. The van der Waals surface area contributed by atoms with E-state index in [9.17, 15) is 4.79 Å². The van der Waals surface area contributed by atoms with Crippen LogP contribution in [-0.2, 0) is 0 Å². The number of amides is 1. The number of likely N-dealkylation sites (N-methyl/N-ethyl adjacent to an activating group) is 1. The lowest BCUT2D eigenvalue weighted by atomic mass is 10.0. The molecule has 2 N–H and O–H groups in total. The van der Waals surface area contributed by atoms with E-state index in [2.05, 4.69) is 39.6 Å². The molecule has 7 heteroatoms. The summed E-state index contributed by atoms with van der Waals surface area (Å²) in [5, 5.41) is 14.6. The van der Waals surface area contributed by atoms with Gasteiger partial charge in [0.15, 0.2) is 0 Å². The molecule has 0 saturated heterocycles. The molecule has 1 aromatic heterocycles. The second-order valence-corrected chi connectivity index (χ2v) is 5.73. The fourth-order valence-corrected chi connectivity index (χ4v) is 2.06. The summed E-state index contributed by atoms with van der Waals surface area (Å²) < 4.78 is 0. The van der Waals surface area contributed by atoms with Crippen molar-refractivity contribution >= 4 is 22.4 Å². The molecule has 0 radical (unpaired) electrons. The molecule has 0 spiro atoms. The average molecular weight is 271 g/mol. The molecular weight excluding hydrogens is 250 g/mol. The van der Waals surface area contributed by atoms with Crippen LogP contribution in [0.25, 0.3) is 0 Å². The maximum absolute atomic E-state index is 12.0. The highest BCUT2D eigenvalue weighted by molar-refractivity contribution is 7.17. The molecule has 1 aromatic rings. The average Bonchev–Trinajstić information content (AvgIpc) is 2.75. The van der Waals surface area contributed by atoms with Crippen molar-refractivity contribution in [3.05, 3.63) is 5.01 Å². The van der Waals surface area contributed by atoms with Crippen LogP contribution in [0.1, 0.15) is 23.6 Å². The zero-order valence-corrected chi connectivity index (χ0v) is 12.3. The highest BCUT2D eigenvalue weighted by Crippen LogP contribution is 2.14. The number of rotatable bonds is 6. The maximum Gasteiger partial charge on any atom is 0.282 e. The number of aromatic nitrogens is 2. The molecule has 0 aliphatic rings. The largest absolute Gasteiger partial charge is 0.363 e. The van der Waals surface area contributed by atoms with Gasteiger partial charge in [-0.15, -0.1) is 10.2 Å². The van der Waals surface area contributed by atoms with E-state index in [1.165, 1.54) is 11.3 Å². The number of anilines is 1. The summed E-state index contributed by atoms with van der Waals surface area (Å²) in [6, 6.07) is 0.106. The summed E-state index contributed by atoms with van der Waals surface area (Å²) >= 11 is 1.25. The number of carbonyl (C=O) groups excluding carboxylic acids is 1. The van der Waals surface area contributed by atoms with E-state index in [4.69, 9.17) is 0 Å². The molecule has 0 aliphatic heterocycles. The fraction of sp³-hybridized carbons (Fsp3) is 0.727. The minimum absolute atomic E-state index is 0.106. The lowest BCUT2D eigenvalue weighted by Crippen LogP contribution is -2.45. The summed E-state index contributed by atoms with van der Waals surface area (Å²) in [6.07, 6.45) is 0. The van der Waals surface area contributed by atoms with Gasteiger partial charge in [-0.05, 0) is 20.0 Å². The monoisotopic (exact) mass is 271 g/mol. The Labute approximate surface area is 112 Å². The van der Waals surface area contributed by atoms with Gasteiger partial charge in [0, 0.05) is 19.6 Å². The molecule has 0 aromatic carbocycles. The third-order valence-electron chi connectivity index (χ3n) is 2.52. The molecule has 1 amide bonds. The molecule has 6 nitrogen and oxygen atoms in total. The van der Waals surface area contributed by atoms with Gasteiger partial charge in [0.25, 0.3) is 5.91 Å². The number of hydrogen-bond acceptors (Lipinski definition) is 6. The normalized spacial score (nSPS) is 12.8. The van der Waals surface area contributed by atoms with Crippen LogP contribution in [0.2, 0.25) is 0 Å². The van der Waals surface area contributed by atoms with Crippen molar-refractivity contribution in [2.75, 3.05) is 33.0 Å². The SMILES string of the molecule is CNc1nnc(C(=O)NC(CN(C)C)C(C)C)s1. The molecule has 102 valence electrons. The Morgan fingerprint density at radius 2 is 2.06 bits per heavy atom. The Morgan fingerprint density at radius 1 is 1.39 bits per heavy atom. The Balaban J connectivity index is 2.66. The maximum atomic E-state index is 12.0. The minimum atomic E-state index is -0.158. The van der Waals surface area contributed by atoms with Crippen molar-refractivity contribution in [2.45, 2.75) is 19.9 Å². The van der Waals surface area contributed by atoms with E-state index >= 15 is 0 Å². The molecular formula is C11H21N5OS. The van der Waals surface area contributed by atoms with Crippen LogP contribution in [0, 0.1) is 5.92 Å². The van der Waals surface area contributed by atoms with Crippen LogP contribution < -0.4 is 10.6 Å². The van der Waals surface area contributed by atoms with Gasteiger partial charge in [-0.3, -0.25) is 4.79 Å². The number of nitrogens with zero attached hydrogens (tertiary/aromatic N) is 3. The Hall–Kier alpha value is -1.21. The summed E-state index contributed by atoms with van der Waals surface area (Å²) in [7, 11) is 5.74. The van der Waals surface area contributed by atoms with Gasteiger partial charge in [0.1, 0.15) is 0 Å². The molecule has 0 bridgehead atoms. The van der Waals surface area contributed by atoms with E-state index in [0.717, 1.165) is 6.54 Å². The minimum Gasteiger partial charge on any atom is -0.363 e. The highest BCUT2D eigenvalue weighted by Gasteiger charge is 2.20. The molecule has 0 fully saturated rings. The van der Waals surface area contributed by atoms with Crippen LogP contribution in [0.3, 0.4) is 0 Å². The standard InChI is InChI=1S/C11H21N5OS/c1-7(2)8(6-16(4)5)13-9(17)10-14-15-11(12-3)18-10/h7-8H,6H2,1-5H3,(H,12,15)(H,13,17). The first-order valence-electron chi connectivity index (χ1n) is 5.91. The molecule has 0 saturated carbocycles. The summed E-state index contributed by atoms with van der Waals surface area (Å²) in [4.78, 5) is 14.1. The predicted molar refractivity (Wildman–Crippen MR) is 74.1 cm³/mol. The first kappa shape index (κ1) is 14.8. The van der Waals surface area contributed by atoms with E-state index in [1.807, 2.05) is 14.1 Å². The summed E-state index contributed by atoms with van der Waals surface area (Å²) in [5.74, 6) is 0.211. The quantitative estimate of drug-likeness (QED) is 0.804. The zero-order chi connectivity index (χ0) is 13.7. The van der Waals surface area contributed by atoms with Crippen LogP contribution >= 0.6 is 11.3 Å². The second-order valence-electron chi connectivity index (χ2n) is 4.75. The molecule has 1 rings (SSSR count). The van der Waals surface area contributed by atoms with Crippen molar-refractivity contribution in [1.29, 1.82) is 0 Å². The van der Waals surface area contributed by atoms with Crippen LogP contribution in [0.15, 0.2) is 0 Å². The highest BCUT2D eigenvalue weighted by atomic mass is 32.1. The number of nitrogens with one attached hydrogen (secondary N) is 2. The van der Waals surface area contributed by atoms with Gasteiger partial charge >= 0.3 is 0 Å². The lowest BCUT2D eigenvalue weighted by Gasteiger charge is -2.25. The van der Waals surface area contributed by atoms with Crippen molar-refractivity contribution < 1.29 is 4.79 Å². The van der Waals surface area contributed by atoms with Crippen molar-refractivity contribution in [1.82, 2.24) is 20.4 Å². The van der Waals surface area contributed by atoms with Crippen LogP contribution in [0.4, 0.5) is 5.13 Å². The summed E-state index contributed by atoms with van der Waals surface area (Å²) in [6.45, 7) is 4.99. The Morgan fingerprint density at radius 3 is 2.50 bits per heavy atom. The smallest absolute Gasteiger partial charge is 0.282 e. The molecule has 1 atom stereocenters. The molecule has 18 heavy (non-hydrogen) atoms. The van der Waals surface area contributed by atoms with Gasteiger partial charge in [-0.25, -0.2) is 0 Å². The Bertz CT molecular complexity index is 391. The second kappa shape index (κ2) is 6.65.